The maximum Gasteiger partial charge on any atom is 0.282 e. The van der Waals surface area contributed by atoms with Crippen molar-refractivity contribution in [1.82, 2.24) is 0 Å². The summed E-state index contributed by atoms with van der Waals surface area (Å²) in [5.41, 5.74) is 2.62. The van der Waals surface area contributed by atoms with Crippen LogP contribution in [0.3, 0.4) is 0 Å². The van der Waals surface area contributed by atoms with Crippen molar-refractivity contribution >= 4 is 23.2 Å². The molecule has 7 heteroatoms. The SMILES string of the molecule is CC(=O)Nc1ccc(NC(=O)[C@@H](C)[NH+]2CCC[C@@H]2c2ccc3c(c2)OCCCO3)cc1. The second-order valence-corrected chi connectivity index (χ2v) is 8.25. The molecule has 0 aromatic heterocycles. The van der Waals surface area contributed by atoms with Crippen LogP contribution in [0.4, 0.5) is 11.4 Å². The molecule has 1 saturated heterocycles. The summed E-state index contributed by atoms with van der Waals surface area (Å²) in [4.78, 5) is 25.4. The normalized spacial score (nSPS) is 21.1. The van der Waals surface area contributed by atoms with Gasteiger partial charge in [0, 0.05) is 43.1 Å². The summed E-state index contributed by atoms with van der Waals surface area (Å²) in [6.07, 6.45) is 3.00. The Bertz CT molecular complexity index is 944. The monoisotopic (exact) mass is 424 g/mol. The summed E-state index contributed by atoms with van der Waals surface area (Å²) in [6.45, 7) is 5.75. The van der Waals surface area contributed by atoms with E-state index < -0.39 is 0 Å². The zero-order chi connectivity index (χ0) is 21.8. The van der Waals surface area contributed by atoms with E-state index in [1.54, 1.807) is 24.3 Å². The van der Waals surface area contributed by atoms with Crippen molar-refractivity contribution in [2.24, 2.45) is 0 Å². The van der Waals surface area contributed by atoms with E-state index in [1.807, 2.05) is 13.0 Å². The number of anilines is 2. The molecule has 2 amide bonds. The fraction of sp³-hybridized carbons (Fsp3) is 0.417. The molecule has 2 aromatic carbocycles. The molecule has 7 nitrogen and oxygen atoms in total. The predicted molar refractivity (Wildman–Crippen MR) is 119 cm³/mol. The van der Waals surface area contributed by atoms with E-state index in [2.05, 4.69) is 22.8 Å². The van der Waals surface area contributed by atoms with Crippen molar-refractivity contribution in [3.63, 3.8) is 0 Å². The van der Waals surface area contributed by atoms with Crippen LogP contribution < -0.4 is 25.0 Å². The van der Waals surface area contributed by atoms with Crippen molar-refractivity contribution in [3.8, 4) is 11.5 Å². The summed E-state index contributed by atoms with van der Waals surface area (Å²) < 4.78 is 11.6. The van der Waals surface area contributed by atoms with E-state index in [-0.39, 0.29) is 23.9 Å². The predicted octanol–water partition coefficient (Wildman–Crippen LogP) is 2.55. The number of benzene rings is 2. The fourth-order valence-corrected chi connectivity index (χ4v) is 4.42. The lowest BCUT2D eigenvalue weighted by Gasteiger charge is -2.27. The number of fused-ring (bicyclic) bond motifs is 1. The van der Waals surface area contributed by atoms with Crippen LogP contribution in [0, 0.1) is 0 Å². The maximum absolute atomic E-state index is 13.0. The highest BCUT2D eigenvalue weighted by Crippen LogP contribution is 2.33. The maximum atomic E-state index is 13.0. The lowest BCUT2D eigenvalue weighted by atomic mass is 10.0. The van der Waals surface area contributed by atoms with Crippen LogP contribution in [0.1, 0.15) is 44.7 Å². The highest BCUT2D eigenvalue weighted by atomic mass is 16.5. The minimum Gasteiger partial charge on any atom is -0.490 e. The first-order valence-electron chi connectivity index (χ1n) is 10.9. The van der Waals surface area contributed by atoms with Gasteiger partial charge in [0.05, 0.1) is 19.8 Å². The summed E-state index contributed by atoms with van der Waals surface area (Å²) in [6, 6.07) is 13.4. The average molecular weight is 425 g/mol. The molecule has 3 atom stereocenters. The Labute approximate surface area is 182 Å². The van der Waals surface area contributed by atoms with Gasteiger partial charge in [-0.15, -0.1) is 0 Å². The van der Waals surface area contributed by atoms with Gasteiger partial charge in [-0.3, -0.25) is 9.59 Å². The van der Waals surface area contributed by atoms with Crippen LogP contribution in [0.25, 0.3) is 0 Å². The molecule has 3 N–H and O–H groups in total. The van der Waals surface area contributed by atoms with Gasteiger partial charge in [0.1, 0.15) is 6.04 Å². The second-order valence-electron chi connectivity index (χ2n) is 8.25. The molecule has 0 spiro atoms. The lowest BCUT2D eigenvalue weighted by molar-refractivity contribution is -0.932. The van der Waals surface area contributed by atoms with Gasteiger partial charge in [-0.05, 0) is 49.4 Å². The van der Waals surface area contributed by atoms with Gasteiger partial charge < -0.3 is 25.0 Å². The Morgan fingerprint density at radius 1 is 0.968 bits per heavy atom. The van der Waals surface area contributed by atoms with Crippen LogP contribution in [0.5, 0.6) is 11.5 Å². The molecule has 0 aliphatic carbocycles. The van der Waals surface area contributed by atoms with Gasteiger partial charge in [-0.1, -0.05) is 0 Å². The number of hydrogen-bond acceptors (Lipinski definition) is 4. The standard InChI is InChI=1S/C24H29N3O4/c1-16(24(29)26-20-9-7-19(8-10-20)25-17(2)28)27-12-3-5-21(27)18-6-11-22-23(15-18)31-14-4-13-30-22/h6-11,15-16,21H,3-5,12-14H2,1-2H3,(H,25,28)(H,26,29)/p+1/t16-,21-/m1/s1. The average Bonchev–Trinajstić information content (AvgIpc) is 3.12. The highest BCUT2D eigenvalue weighted by Gasteiger charge is 2.37. The molecule has 164 valence electrons. The largest absolute Gasteiger partial charge is 0.490 e. The zero-order valence-electron chi connectivity index (χ0n) is 18.1. The molecule has 0 radical (unpaired) electrons. The van der Waals surface area contributed by atoms with Crippen molar-refractivity contribution in [3.05, 3.63) is 48.0 Å². The number of carbonyl (C=O) groups is 2. The summed E-state index contributed by atoms with van der Waals surface area (Å²) in [5.74, 6) is 1.47. The molecule has 0 bridgehead atoms. The number of likely N-dealkylation sites (tertiary alicyclic amines) is 1. The Morgan fingerprint density at radius 3 is 2.35 bits per heavy atom. The molecular weight excluding hydrogens is 394 g/mol. The van der Waals surface area contributed by atoms with Gasteiger partial charge >= 0.3 is 0 Å². The summed E-state index contributed by atoms with van der Waals surface area (Å²) in [5, 5.41) is 5.74. The first-order chi connectivity index (χ1) is 15.0. The molecule has 1 fully saturated rings. The summed E-state index contributed by atoms with van der Waals surface area (Å²) in [7, 11) is 0. The number of rotatable bonds is 5. The number of ether oxygens (including phenoxy) is 2. The first kappa shape index (κ1) is 21.2. The molecule has 2 heterocycles. The highest BCUT2D eigenvalue weighted by molar-refractivity contribution is 5.94. The van der Waals surface area contributed by atoms with E-state index in [9.17, 15) is 9.59 Å². The van der Waals surface area contributed by atoms with E-state index in [1.165, 1.54) is 17.4 Å². The number of quaternary nitrogens is 1. The van der Waals surface area contributed by atoms with E-state index in [0.717, 1.165) is 43.0 Å². The van der Waals surface area contributed by atoms with Gasteiger partial charge in [0.15, 0.2) is 17.5 Å². The molecular formula is C24H30N3O4+. The van der Waals surface area contributed by atoms with Crippen molar-refractivity contribution in [2.45, 2.75) is 45.2 Å². The number of nitrogens with one attached hydrogen (secondary N) is 3. The quantitative estimate of drug-likeness (QED) is 0.689. The van der Waals surface area contributed by atoms with Gasteiger partial charge in [-0.2, -0.15) is 0 Å². The number of hydrogen-bond donors (Lipinski definition) is 3. The van der Waals surface area contributed by atoms with Crippen molar-refractivity contribution < 1.29 is 24.0 Å². The summed E-state index contributed by atoms with van der Waals surface area (Å²) >= 11 is 0. The lowest BCUT2D eigenvalue weighted by Crippen LogP contribution is -3.15. The third-order valence-corrected chi connectivity index (χ3v) is 6.00. The minimum absolute atomic E-state index is 0.0106. The fourth-order valence-electron chi connectivity index (χ4n) is 4.42. The Hall–Kier alpha value is -3.06. The smallest absolute Gasteiger partial charge is 0.282 e. The van der Waals surface area contributed by atoms with Crippen LogP contribution in [0.15, 0.2) is 42.5 Å². The van der Waals surface area contributed by atoms with E-state index in [4.69, 9.17) is 9.47 Å². The zero-order valence-corrected chi connectivity index (χ0v) is 18.1. The van der Waals surface area contributed by atoms with Crippen LogP contribution in [-0.2, 0) is 9.59 Å². The third-order valence-electron chi connectivity index (χ3n) is 6.00. The molecule has 2 aromatic rings. The van der Waals surface area contributed by atoms with Gasteiger partial charge in [0.2, 0.25) is 5.91 Å². The minimum atomic E-state index is -0.196. The van der Waals surface area contributed by atoms with E-state index in [0.29, 0.717) is 18.9 Å². The van der Waals surface area contributed by atoms with E-state index >= 15 is 0 Å². The Morgan fingerprint density at radius 2 is 1.65 bits per heavy atom. The second kappa shape index (κ2) is 9.39. The van der Waals surface area contributed by atoms with Crippen LogP contribution in [0.2, 0.25) is 0 Å². The van der Waals surface area contributed by atoms with Gasteiger partial charge in [0.25, 0.3) is 5.91 Å². The number of carbonyl (C=O) groups excluding carboxylic acids is 2. The van der Waals surface area contributed by atoms with Crippen LogP contribution >= 0.6 is 0 Å². The molecule has 2 aliphatic heterocycles. The molecule has 0 saturated carbocycles. The molecule has 31 heavy (non-hydrogen) atoms. The number of amides is 2. The first-order valence-corrected chi connectivity index (χ1v) is 10.9. The topological polar surface area (TPSA) is 81.1 Å². The van der Waals surface area contributed by atoms with Crippen molar-refractivity contribution in [2.75, 3.05) is 30.4 Å². The Kier molecular flexibility index (Phi) is 6.42. The molecule has 4 rings (SSSR count). The van der Waals surface area contributed by atoms with Crippen LogP contribution in [-0.4, -0.2) is 37.6 Å². The van der Waals surface area contributed by atoms with Crippen molar-refractivity contribution in [1.29, 1.82) is 0 Å². The van der Waals surface area contributed by atoms with Gasteiger partial charge in [-0.25, -0.2) is 0 Å². The molecule has 1 unspecified atom stereocenters. The Balaban J connectivity index is 1.44. The molecule has 2 aliphatic rings. The third kappa shape index (κ3) is 4.99.